The number of ether oxygens (including phenoxy) is 3. The average molecular weight is 228 g/mol. The molecule has 1 heterocycles. The van der Waals surface area contributed by atoms with Crippen molar-refractivity contribution in [1.29, 1.82) is 0 Å². The van der Waals surface area contributed by atoms with E-state index in [4.69, 9.17) is 14.2 Å². The van der Waals surface area contributed by atoms with Gasteiger partial charge in [0.05, 0.1) is 0 Å². The molecule has 16 heavy (non-hydrogen) atoms. The van der Waals surface area contributed by atoms with Crippen molar-refractivity contribution in [1.82, 2.24) is 0 Å². The van der Waals surface area contributed by atoms with Gasteiger partial charge in [-0.1, -0.05) is 0 Å². The first kappa shape index (κ1) is 11.0. The van der Waals surface area contributed by atoms with E-state index in [1.165, 1.54) is 6.08 Å². The van der Waals surface area contributed by atoms with E-state index in [-0.39, 0.29) is 12.4 Å². The highest BCUT2D eigenvalue weighted by Gasteiger charge is 2.61. The predicted molar refractivity (Wildman–Crippen MR) is 48.7 cm³/mol. The minimum atomic E-state index is -2.45. The van der Waals surface area contributed by atoms with E-state index >= 15 is 0 Å². The lowest BCUT2D eigenvalue weighted by Crippen LogP contribution is -2.50. The Kier molecular flexibility index (Phi) is 2.40. The Hall–Kier alpha value is -1.53. The molecule has 1 fully saturated rings. The molecule has 5 nitrogen and oxygen atoms in total. The Balaban J connectivity index is 2.39. The molecule has 0 aromatic carbocycles. The number of rotatable bonds is 2. The number of esters is 1. The number of halogens is 1. The molecule has 0 bridgehead atoms. The van der Waals surface area contributed by atoms with Crippen LogP contribution in [0.25, 0.3) is 0 Å². The lowest BCUT2D eigenvalue weighted by molar-refractivity contribution is -0.230. The third-order valence-corrected chi connectivity index (χ3v) is 2.30. The minimum absolute atomic E-state index is 0.0933. The van der Waals surface area contributed by atoms with Crippen molar-refractivity contribution in [2.24, 2.45) is 0 Å². The summed E-state index contributed by atoms with van der Waals surface area (Å²) in [7, 11) is 0. The zero-order valence-corrected chi connectivity index (χ0v) is 8.44. The van der Waals surface area contributed by atoms with Crippen LogP contribution in [0.2, 0.25) is 0 Å². The second-order valence-electron chi connectivity index (χ2n) is 3.41. The molecule has 6 heteroatoms. The summed E-state index contributed by atoms with van der Waals surface area (Å²) in [6.07, 6.45) is 3.86. The van der Waals surface area contributed by atoms with Crippen LogP contribution >= 0.6 is 0 Å². The van der Waals surface area contributed by atoms with Crippen LogP contribution in [0.3, 0.4) is 0 Å². The highest BCUT2D eigenvalue weighted by atomic mass is 19.2. The van der Waals surface area contributed by atoms with Crippen LogP contribution in [-0.2, 0) is 23.8 Å². The van der Waals surface area contributed by atoms with Crippen molar-refractivity contribution >= 4 is 12.3 Å². The summed E-state index contributed by atoms with van der Waals surface area (Å²) in [5.41, 5.74) is 0.0933. The van der Waals surface area contributed by atoms with Gasteiger partial charge in [0, 0.05) is 12.5 Å². The van der Waals surface area contributed by atoms with Gasteiger partial charge >= 0.3 is 11.8 Å². The molecule has 2 aliphatic rings. The average Bonchev–Trinajstić information content (AvgIpc) is 2.53. The van der Waals surface area contributed by atoms with Crippen molar-refractivity contribution in [3.05, 3.63) is 23.8 Å². The molecular weight excluding hydrogens is 219 g/mol. The number of carbonyl (C=O) groups excluding carboxylic acids is 2. The molecule has 1 saturated heterocycles. The van der Waals surface area contributed by atoms with E-state index in [0.29, 0.717) is 6.29 Å². The summed E-state index contributed by atoms with van der Waals surface area (Å²) >= 11 is 0. The molecule has 0 spiro atoms. The maximum Gasteiger partial charge on any atom is 0.305 e. The molecule has 0 aromatic rings. The molecule has 2 rings (SSSR count). The van der Waals surface area contributed by atoms with Gasteiger partial charge in [-0.25, -0.2) is 0 Å². The number of hydrogen-bond acceptors (Lipinski definition) is 5. The van der Waals surface area contributed by atoms with Crippen LogP contribution in [0, 0.1) is 0 Å². The summed E-state index contributed by atoms with van der Waals surface area (Å²) in [5, 5.41) is 0. The summed E-state index contributed by atoms with van der Waals surface area (Å²) in [6.45, 7) is 0.764. The Labute approximate surface area is 90.5 Å². The smallest absolute Gasteiger partial charge is 0.305 e. The van der Waals surface area contributed by atoms with Crippen LogP contribution in [0.15, 0.2) is 23.8 Å². The first-order valence-electron chi connectivity index (χ1n) is 4.55. The summed E-state index contributed by atoms with van der Waals surface area (Å²) in [4.78, 5) is 21.4. The Bertz CT molecular complexity index is 402. The van der Waals surface area contributed by atoms with Crippen LogP contribution in [0.4, 0.5) is 4.39 Å². The predicted octanol–water partition coefficient (Wildman–Crippen LogP) is 0.611. The van der Waals surface area contributed by atoms with Gasteiger partial charge in [0.15, 0.2) is 6.79 Å². The zero-order valence-electron chi connectivity index (χ0n) is 8.44. The van der Waals surface area contributed by atoms with E-state index in [0.717, 1.165) is 19.1 Å². The lowest BCUT2D eigenvalue weighted by atomic mass is 9.97. The second-order valence-corrected chi connectivity index (χ2v) is 3.41. The van der Waals surface area contributed by atoms with Crippen molar-refractivity contribution in [2.75, 3.05) is 6.79 Å². The maximum absolute atomic E-state index is 14.3. The summed E-state index contributed by atoms with van der Waals surface area (Å²) in [5.74, 6) is -5.09. The minimum Gasteiger partial charge on any atom is -0.422 e. The van der Waals surface area contributed by atoms with E-state index in [9.17, 15) is 14.0 Å². The highest BCUT2D eigenvalue weighted by molar-refractivity contribution is 5.79. The van der Waals surface area contributed by atoms with Gasteiger partial charge < -0.3 is 14.2 Å². The van der Waals surface area contributed by atoms with E-state index in [2.05, 4.69) is 0 Å². The van der Waals surface area contributed by atoms with Gasteiger partial charge in [0.1, 0.15) is 6.29 Å². The second kappa shape index (κ2) is 3.50. The standard InChI is InChI=1S/C10H9FO5/c1-7(13)16-10-3-2-8(5-12)4-9(10,11)14-6-15-10/h2-5H,6H2,1H3/t9-,10-/m0/s1. The van der Waals surface area contributed by atoms with E-state index < -0.39 is 17.6 Å². The lowest BCUT2D eigenvalue weighted by Gasteiger charge is -2.33. The largest absolute Gasteiger partial charge is 0.422 e. The van der Waals surface area contributed by atoms with Gasteiger partial charge in [-0.3, -0.25) is 9.59 Å². The van der Waals surface area contributed by atoms with Crippen LogP contribution in [0.5, 0.6) is 0 Å². The number of aldehydes is 1. The van der Waals surface area contributed by atoms with Crippen molar-refractivity contribution < 1.29 is 28.2 Å². The fourth-order valence-electron chi connectivity index (χ4n) is 1.59. The van der Waals surface area contributed by atoms with Crippen molar-refractivity contribution in [2.45, 2.75) is 18.6 Å². The molecule has 0 amide bonds. The van der Waals surface area contributed by atoms with Gasteiger partial charge in [-0.15, -0.1) is 0 Å². The SMILES string of the molecule is CC(=O)O[C@@]12C=CC(C=O)=C[C@]1(F)OCO2. The van der Waals surface area contributed by atoms with Crippen LogP contribution < -0.4 is 0 Å². The topological polar surface area (TPSA) is 61.8 Å². The van der Waals surface area contributed by atoms with Crippen LogP contribution in [-0.4, -0.2) is 30.7 Å². The number of hydrogen-bond donors (Lipinski definition) is 0. The van der Waals surface area contributed by atoms with Crippen LogP contribution in [0.1, 0.15) is 6.92 Å². The molecule has 0 saturated carbocycles. The van der Waals surface area contributed by atoms with Gasteiger partial charge in [-0.05, 0) is 18.2 Å². The summed E-state index contributed by atoms with van der Waals surface area (Å²) < 4.78 is 28.8. The van der Waals surface area contributed by atoms with Gasteiger partial charge in [-0.2, -0.15) is 4.39 Å². The molecular formula is C10H9FO5. The number of fused-ring (bicyclic) bond motifs is 1. The van der Waals surface area contributed by atoms with E-state index in [1.807, 2.05) is 0 Å². The monoisotopic (exact) mass is 228 g/mol. The van der Waals surface area contributed by atoms with Crippen molar-refractivity contribution in [3.8, 4) is 0 Å². The maximum atomic E-state index is 14.3. The first-order valence-corrected chi connectivity index (χ1v) is 4.55. The fraction of sp³-hybridized carbons (Fsp3) is 0.400. The number of alkyl halides is 1. The highest BCUT2D eigenvalue weighted by Crippen LogP contribution is 2.43. The molecule has 0 unspecified atom stereocenters. The normalized spacial score (nSPS) is 36.5. The molecule has 0 aromatic heterocycles. The summed E-state index contributed by atoms with van der Waals surface area (Å²) in [6, 6.07) is 0. The van der Waals surface area contributed by atoms with Gasteiger partial charge in [0.25, 0.3) is 5.79 Å². The number of carbonyl (C=O) groups is 2. The Morgan fingerprint density at radius 3 is 3.00 bits per heavy atom. The molecule has 1 aliphatic heterocycles. The fourth-order valence-corrected chi connectivity index (χ4v) is 1.59. The Morgan fingerprint density at radius 2 is 2.38 bits per heavy atom. The first-order chi connectivity index (χ1) is 7.51. The molecule has 0 N–H and O–H groups in total. The zero-order chi connectivity index (χ0) is 11.8. The van der Waals surface area contributed by atoms with Gasteiger partial charge in [0.2, 0.25) is 0 Å². The van der Waals surface area contributed by atoms with Crippen molar-refractivity contribution in [3.63, 3.8) is 0 Å². The molecule has 2 atom stereocenters. The third-order valence-electron chi connectivity index (χ3n) is 2.30. The number of allylic oxidation sites excluding steroid dienone is 2. The molecule has 86 valence electrons. The third kappa shape index (κ3) is 1.46. The van der Waals surface area contributed by atoms with E-state index in [1.54, 1.807) is 0 Å². The Morgan fingerprint density at radius 1 is 1.62 bits per heavy atom. The quantitative estimate of drug-likeness (QED) is 0.512. The molecule has 0 radical (unpaired) electrons. The molecule has 1 aliphatic carbocycles.